The van der Waals surface area contributed by atoms with Crippen molar-refractivity contribution in [3.8, 4) is 0 Å². The van der Waals surface area contributed by atoms with Crippen molar-refractivity contribution in [2.75, 3.05) is 32.8 Å². The Morgan fingerprint density at radius 3 is 2.81 bits per heavy atom. The molecule has 2 N–H and O–H groups in total. The molecule has 0 saturated carbocycles. The molecule has 2 atom stereocenters. The van der Waals surface area contributed by atoms with E-state index in [4.69, 9.17) is 4.74 Å². The van der Waals surface area contributed by atoms with Gasteiger partial charge in [0.15, 0.2) is 0 Å². The molecule has 0 radical (unpaired) electrons. The highest BCUT2D eigenvalue weighted by atomic mass is 16.5. The number of hydrogen-bond donors (Lipinski definition) is 2. The molecule has 2 amide bonds. The zero-order valence-electron chi connectivity index (χ0n) is 16.0. The highest BCUT2D eigenvalue weighted by Crippen LogP contribution is 2.51. The second-order valence-electron chi connectivity index (χ2n) is 7.83. The summed E-state index contributed by atoms with van der Waals surface area (Å²) in [4.78, 5) is 26.3. The van der Waals surface area contributed by atoms with Crippen molar-refractivity contribution < 1.29 is 14.3 Å². The maximum atomic E-state index is 12.8. The highest BCUT2D eigenvalue weighted by molar-refractivity contribution is 5.86. The van der Waals surface area contributed by atoms with E-state index in [9.17, 15) is 9.59 Å². The van der Waals surface area contributed by atoms with E-state index >= 15 is 0 Å². The van der Waals surface area contributed by atoms with E-state index < -0.39 is 0 Å². The quantitative estimate of drug-likeness (QED) is 0.823. The van der Waals surface area contributed by atoms with Crippen LogP contribution < -0.4 is 10.6 Å². The molecule has 0 unspecified atom stereocenters. The summed E-state index contributed by atoms with van der Waals surface area (Å²) in [5, 5.41) is 6.66. The summed E-state index contributed by atoms with van der Waals surface area (Å²) in [5.74, 6) is -0.0195. The Morgan fingerprint density at radius 1 is 1.33 bits per heavy atom. The number of piperidine rings is 1. The lowest BCUT2D eigenvalue weighted by Gasteiger charge is -2.41. The molecular formula is C21H29N3O3. The van der Waals surface area contributed by atoms with Gasteiger partial charge < -0.3 is 20.3 Å². The van der Waals surface area contributed by atoms with Gasteiger partial charge >= 0.3 is 0 Å². The second kappa shape index (κ2) is 7.60. The Balaban J connectivity index is 1.60. The number of carbonyl (C=O) groups excluding carboxylic acids is 2. The van der Waals surface area contributed by atoms with Gasteiger partial charge in [-0.05, 0) is 50.4 Å². The number of amides is 2. The molecule has 1 aromatic rings. The summed E-state index contributed by atoms with van der Waals surface area (Å²) in [6.07, 6.45) is 3.34. The van der Waals surface area contributed by atoms with Crippen LogP contribution in [0.25, 0.3) is 0 Å². The van der Waals surface area contributed by atoms with Gasteiger partial charge in [0.25, 0.3) is 0 Å². The average Bonchev–Trinajstić information content (AvgIpc) is 3.18. The average molecular weight is 371 g/mol. The van der Waals surface area contributed by atoms with Crippen LogP contribution in [0.5, 0.6) is 0 Å². The van der Waals surface area contributed by atoms with E-state index in [-0.39, 0.29) is 35.9 Å². The molecule has 27 heavy (non-hydrogen) atoms. The molecule has 2 fully saturated rings. The first-order valence-electron chi connectivity index (χ1n) is 10.1. The maximum Gasteiger partial charge on any atom is 0.240 e. The van der Waals surface area contributed by atoms with Gasteiger partial charge in [-0.2, -0.15) is 0 Å². The molecule has 6 nitrogen and oxygen atoms in total. The summed E-state index contributed by atoms with van der Waals surface area (Å²) in [5.41, 5.74) is 2.42. The van der Waals surface area contributed by atoms with Crippen LogP contribution in [0.2, 0.25) is 0 Å². The van der Waals surface area contributed by atoms with Crippen LogP contribution in [0, 0.1) is 0 Å². The molecule has 1 aromatic carbocycles. The first-order valence-corrected chi connectivity index (χ1v) is 10.1. The van der Waals surface area contributed by atoms with Crippen LogP contribution in [-0.2, 0) is 19.7 Å². The standard InChI is InChI=1S/C21H29N3O3/c1-2-27-20-19(23-17(25)14-24-13-5-8-18(24)26)15-6-3-4-7-16(15)21(20)9-11-22-12-10-21/h3-4,6-7,19-20,22H,2,5,8-14H2,1H3,(H,23,25)/t19-,20+/m1/s1. The predicted octanol–water partition coefficient (Wildman–Crippen LogP) is 1.51. The molecule has 2 aliphatic heterocycles. The van der Waals surface area contributed by atoms with Crippen LogP contribution >= 0.6 is 0 Å². The Bertz CT molecular complexity index is 714. The van der Waals surface area contributed by atoms with Crippen molar-refractivity contribution in [3.63, 3.8) is 0 Å². The predicted molar refractivity (Wildman–Crippen MR) is 102 cm³/mol. The molecule has 1 spiro atoms. The SMILES string of the molecule is CCO[C@H]1[C@H](NC(=O)CN2CCCC2=O)c2ccccc2C12CCNCC2. The third kappa shape index (κ3) is 3.25. The third-order valence-corrected chi connectivity index (χ3v) is 6.34. The lowest BCUT2D eigenvalue weighted by molar-refractivity contribution is -0.134. The van der Waals surface area contributed by atoms with Gasteiger partial charge in [-0.15, -0.1) is 0 Å². The Kier molecular flexibility index (Phi) is 5.19. The Morgan fingerprint density at radius 2 is 2.11 bits per heavy atom. The number of carbonyl (C=O) groups is 2. The number of benzene rings is 1. The van der Waals surface area contributed by atoms with Crippen molar-refractivity contribution in [1.82, 2.24) is 15.5 Å². The van der Waals surface area contributed by atoms with E-state index in [0.29, 0.717) is 19.6 Å². The highest BCUT2D eigenvalue weighted by Gasteiger charge is 2.53. The zero-order chi connectivity index (χ0) is 18.9. The molecule has 2 saturated heterocycles. The molecular weight excluding hydrogens is 342 g/mol. The number of nitrogens with zero attached hydrogens (tertiary/aromatic N) is 1. The topological polar surface area (TPSA) is 70.7 Å². The van der Waals surface area contributed by atoms with Crippen molar-refractivity contribution in [1.29, 1.82) is 0 Å². The third-order valence-electron chi connectivity index (χ3n) is 6.34. The number of nitrogens with one attached hydrogen (secondary N) is 2. The number of rotatable bonds is 5. The number of fused-ring (bicyclic) bond motifs is 2. The zero-order valence-corrected chi connectivity index (χ0v) is 16.0. The largest absolute Gasteiger partial charge is 0.375 e. The monoisotopic (exact) mass is 371 g/mol. The molecule has 4 rings (SSSR count). The summed E-state index contributed by atoms with van der Waals surface area (Å²) in [6, 6.07) is 8.26. The summed E-state index contributed by atoms with van der Waals surface area (Å²) < 4.78 is 6.26. The van der Waals surface area contributed by atoms with E-state index in [0.717, 1.165) is 32.4 Å². The van der Waals surface area contributed by atoms with Gasteiger partial charge in [-0.3, -0.25) is 9.59 Å². The minimum absolute atomic E-state index is 0.0563. The smallest absolute Gasteiger partial charge is 0.240 e. The number of likely N-dealkylation sites (tertiary alicyclic amines) is 1. The minimum Gasteiger partial charge on any atom is -0.375 e. The second-order valence-corrected chi connectivity index (χ2v) is 7.83. The summed E-state index contributed by atoms with van der Waals surface area (Å²) in [7, 11) is 0. The first kappa shape index (κ1) is 18.4. The van der Waals surface area contributed by atoms with Crippen LogP contribution in [0.1, 0.15) is 49.8 Å². The fourth-order valence-corrected chi connectivity index (χ4v) is 5.14. The van der Waals surface area contributed by atoms with E-state index in [1.807, 2.05) is 13.0 Å². The van der Waals surface area contributed by atoms with Crippen molar-refractivity contribution in [2.24, 2.45) is 0 Å². The van der Waals surface area contributed by atoms with Gasteiger partial charge in [-0.1, -0.05) is 24.3 Å². The van der Waals surface area contributed by atoms with Crippen LogP contribution in [-0.4, -0.2) is 55.6 Å². The van der Waals surface area contributed by atoms with Gasteiger partial charge in [-0.25, -0.2) is 0 Å². The Hall–Kier alpha value is -1.92. The molecule has 6 heteroatoms. The lowest BCUT2D eigenvalue weighted by atomic mass is 9.72. The molecule has 2 heterocycles. The molecule has 3 aliphatic rings. The molecule has 0 aromatic heterocycles. The normalized spacial score (nSPS) is 26.4. The van der Waals surface area contributed by atoms with Crippen LogP contribution in [0.15, 0.2) is 24.3 Å². The molecule has 1 aliphatic carbocycles. The summed E-state index contributed by atoms with van der Waals surface area (Å²) >= 11 is 0. The number of hydrogen-bond acceptors (Lipinski definition) is 4. The minimum atomic E-state index is -0.163. The van der Waals surface area contributed by atoms with Crippen molar-refractivity contribution in [2.45, 2.75) is 50.2 Å². The molecule has 0 bridgehead atoms. The van der Waals surface area contributed by atoms with Crippen molar-refractivity contribution >= 4 is 11.8 Å². The van der Waals surface area contributed by atoms with Gasteiger partial charge in [0, 0.05) is 25.0 Å². The van der Waals surface area contributed by atoms with Crippen LogP contribution in [0.4, 0.5) is 0 Å². The van der Waals surface area contributed by atoms with E-state index in [1.54, 1.807) is 4.90 Å². The van der Waals surface area contributed by atoms with E-state index in [2.05, 4.69) is 28.8 Å². The maximum absolute atomic E-state index is 12.8. The Labute approximate surface area is 160 Å². The van der Waals surface area contributed by atoms with Gasteiger partial charge in [0.05, 0.1) is 18.7 Å². The number of ether oxygens (including phenoxy) is 1. The van der Waals surface area contributed by atoms with Crippen molar-refractivity contribution in [3.05, 3.63) is 35.4 Å². The van der Waals surface area contributed by atoms with E-state index in [1.165, 1.54) is 11.1 Å². The van der Waals surface area contributed by atoms with Gasteiger partial charge in [0.2, 0.25) is 11.8 Å². The fraction of sp³-hybridized carbons (Fsp3) is 0.619. The van der Waals surface area contributed by atoms with Crippen LogP contribution in [0.3, 0.4) is 0 Å². The molecule has 146 valence electrons. The fourth-order valence-electron chi connectivity index (χ4n) is 5.14. The lowest BCUT2D eigenvalue weighted by Crippen LogP contribution is -2.50. The first-order chi connectivity index (χ1) is 13.2. The van der Waals surface area contributed by atoms with Gasteiger partial charge in [0.1, 0.15) is 0 Å². The summed E-state index contributed by atoms with van der Waals surface area (Å²) in [6.45, 7) is 5.37.